The van der Waals surface area contributed by atoms with E-state index < -0.39 is 12.1 Å². The molecule has 3 amide bonds. The maximum Gasteiger partial charge on any atom is 0.333 e. The first kappa shape index (κ1) is 16.7. The van der Waals surface area contributed by atoms with Crippen molar-refractivity contribution >= 4 is 52.6 Å². The molecule has 0 saturated carbocycles. The highest BCUT2D eigenvalue weighted by Crippen LogP contribution is 2.46. The van der Waals surface area contributed by atoms with Crippen LogP contribution in [-0.2, 0) is 4.79 Å². The molecule has 2 aliphatic rings. The van der Waals surface area contributed by atoms with E-state index in [0.717, 1.165) is 10.5 Å². The molecule has 4 nitrogen and oxygen atoms in total. The minimum Gasteiger partial charge on any atom is -0.295 e. The van der Waals surface area contributed by atoms with Crippen molar-refractivity contribution in [3.05, 3.63) is 63.9 Å². The number of hydrogen-bond acceptors (Lipinski definition) is 3. The van der Waals surface area contributed by atoms with E-state index in [2.05, 4.69) is 0 Å². The summed E-state index contributed by atoms with van der Waals surface area (Å²) < 4.78 is 13.2. The summed E-state index contributed by atoms with van der Waals surface area (Å²) in [5, 5.41) is 0.302. The third-order valence-corrected chi connectivity index (χ3v) is 6.30. The highest BCUT2D eigenvalue weighted by atomic mass is 35.5. The molecular formula is C17H11Cl2FN2O2S. The summed E-state index contributed by atoms with van der Waals surface area (Å²) in [4.78, 5) is 28.3. The molecule has 2 heterocycles. The summed E-state index contributed by atoms with van der Waals surface area (Å²) in [7, 11) is 0. The van der Waals surface area contributed by atoms with Gasteiger partial charge in [0.2, 0.25) is 0 Å². The number of fused-ring (bicyclic) bond motifs is 1. The van der Waals surface area contributed by atoms with Gasteiger partial charge in [0.15, 0.2) is 0 Å². The molecule has 25 heavy (non-hydrogen) atoms. The number of carbonyl (C=O) groups excluding carboxylic acids is 2. The van der Waals surface area contributed by atoms with Crippen LogP contribution < -0.4 is 4.90 Å². The van der Waals surface area contributed by atoms with Gasteiger partial charge in [-0.3, -0.25) is 9.69 Å². The number of rotatable bonds is 2. The first-order valence-corrected chi connectivity index (χ1v) is 9.26. The van der Waals surface area contributed by atoms with Crippen molar-refractivity contribution in [2.45, 2.75) is 11.4 Å². The van der Waals surface area contributed by atoms with E-state index in [1.54, 1.807) is 29.2 Å². The van der Waals surface area contributed by atoms with Crippen molar-refractivity contribution in [3.8, 4) is 0 Å². The first-order chi connectivity index (χ1) is 12.0. The summed E-state index contributed by atoms with van der Waals surface area (Å²) in [6.45, 7) is 0. The number of hydrogen-bond donors (Lipinski definition) is 0. The fraction of sp³-hybridized carbons (Fsp3) is 0.176. The Labute approximate surface area is 157 Å². The smallest absolute Gasteiger partial charge is 0.295 e. The lowest BCUT2D eigenvalue weighted by atomic mass is 10.2. The van der Waals surface area contributed by atoms with Crippen molar-refractivity contribution < 1.29 is 14.0 Å². The summed E-state index contributed by atoms with van der Waals surface area (Å²) in [6.07, 6.45) is 0. The molecule has 0 N–H and O–H groups in total. The third kappa shape index (κ3) is 2.69. The van der Waals surface area contributed by atoms with Gasteiger partial charge in [0.1, 0.15) is 17.2 Å². The lowest BCUT2D eigenvalue weighted by Crippen LogP contribution is -2.33. The Morgan fingerprint density at radius 2 is 1.76 bits per heavy atom. The number of anilines is 1. The lowest BCUT2D eigenvalue weighted by molar-refractivity contribution is -0.119. The van der Waals surface area contributed by atoms with Crippen LogP contribution in [0.3, 0.4) is 0 Å². The van der Waals surface area contributed by atoms with Crippen molar-refractivity contribution in [2.75, 3.05) is 10.7 Å². The Kier molecular flexibility index (Phi) is 4.14. The van der Waals surface area contributed by atoms with E-state index in [9.17, 15) is 14.0 Å². The van der Waals surface area contributed by atoms with Gasteiger partial charge in [-0.2, -0.15) is 0 Å². The second-order valence-electron chi connectivity index (χ2n) is 5.71. The molecule has 2 atom stereocenters. The van der Waals surface area contributed by atoms with E-state index in [-0.39, 0.29) is 22.1 Å². The molecule has 0 spiro atoms. The molecule has 0 radical (unpaired) electrons. The normalized spacial score (nSPS) is 22.7. The zero-order chi connectivity index (χ0) is 17.7. The van der Waals surface area contributed by atoms with Crippen LogP contribution in [0.2, 0.25) is 10.0 Å². The maximum atomic E-state index is 13.2. The molecule has 8 heteroatoms. The molecule has 2 aromatic carbocycles. The van der Waals surface area contributed by atoms with Gasteiger partial charge in [0.05, 0.1) is 15.7 Å². The van der Waals surface area contributed by atoms with E-state index in [0.29, 0.717) is 16.5 Å². The molecule has 2 aromatic rings. The fourth-order valence-electron chi connectivity index (χ4n) is 3.04. The number of urea groups is 1. The second-order valence-corrected chi connectivity index (χ2v) is 7.64. The van der Waals surface area contributed by atoms with Gasteiger partial charge in [-0.1, -0.05) is 35.3 Å². The molecule has 2 aliphatic heterocycles. The molecule has 0 unspecified atom stereocenters. The number of halogens is 3. The van der Waals surface area contributed by atoms with Crippen LogP contribution >= 0.6 is 35.0 Å². The quantitative estimate of drug-likeness (QED) is 0.689. The zero-order valence-corrected chi connectivity index (χ0v) is 15.0. The molecule has 2 saturated heterocycles. The minimum absolute atomic E-state index is 0.274. The van der Waals surface area contributed by atoms with Crippen molar-refractivity contribution in [3.63, 3.8) is 0 Å². The highest BCUT2D eigenvalue weighted by molar-refractivity contribution is 7.99. The fourth-order valence-corrected chi connectivity index (χ4v) is 4.74. The molecule has 128 valence electrons. The van der Waals surface area contributed by atoms with Gasteiger partial charge in [-0.15, -0.1) is 11.8 Å². The maximum absolute atomic E-state index is 13.2. The number of benzene rings is 2. The van der Waals surface area contributed by atoms with Crippen LogP contribution in [0.5, 0.6) is 0 Å². The van der Waals surface area contributed by atoms with Crippen LogP contribution in [0.25, 0.3) is 0 Å². The number of imide groups is 1. The average molecular weight is 397 g/mol. The van der Waals surface area contributed by atoms with Crippen LogP contribution in [-0.4, -0.2) is 28.6 Å². The van der Waals surface area contributed by atoms with Gasteiger partial charge >= 0.3 is 6.03 Å². The van der Waals surface area contributed by atoms with Gasteiger partial charge in [0.25, 0.3) is 5.91 Å². The second kappa shape index (κ2) is 6.20. The molecule has 0 bridgehead atoms. The Morgan fingerprint density at radius 1 is 1.04 bits per heavy atom. The van der Waals surface area contributed by atoms with Crippen molar-refractivity contribution in [1.82, 2.24) is 4.90 Å². The number of carbonyl (C=O) groups is 2. The topological polar surface area (TPSA) is 40.6 Å². The Morgan fingerprint density at radius 3 is 2.44 bits per heavy atom. The first-order valence-electron chi connectivity index (χ1n) is 7.46. The molecule has 2 fully saturated rings. The molecule has 0 aliphatic carbocycles. The Balaban J connectivity index is 1.68. The lowest BCUT2D eigenvalue weighted by Gasteiger charge is -2.23. The van der Waals surface area contributed by atoms with Crippen LogP contribution in [0.15, 0.2) is 42.5 Å². The van der Waals surface area contributed by atoms with Crippen LogP contribution in [0.1, 0.15) is 10.9 Å². The Bertz CT molecular complexity index is 877. The standard InChI is InChI=1S/C17H11Cl2FN2O2S/c18-12-6-5-11(7-13(12)19)21-15(23)14-8-25-16(22(14)17(21)24)9-1-3-10(20)4-2-9/h1-7,14,16H,8H2/t14-,16+/m0/s1. The monoisotopic (exact) mass is 396 g/mol. The zero-order valence-electron chi connectivity index (χ0n) is 12.7. The Hall–Kier alpha value is -1.76. The summed E-state index contributed by atoms with van der Waals surface area (Å²) in [6, 6.07) is 9.66. The van der Waals surface area contributed by atoms with Crippen LogP contribution in [0, 0.1) is 5.82 Å². The van der Waals surface area contributed by atoms with Crippen molar-refractivity contribution in [1.29, 1.82) is 0 Å². The molecular weight excluding hydrogens is 386 g/mol. The summed E-state index contributed by atoms with van der Waals surface area (Å²) in [5.41, 5.74) is 1.17. The minimum atomic E-state index is -0.540. The predicted molar refractivity (Wildman–Crippen MR) is 96.6 cm³/mol. The summed E-state index contributed by atoms with van der Waals surface area (Å²) >= 11 is 13.4. The number of thioether (sulfide) groups is 1. The largest absolute Gasteiger partial charge is 0.333 e. The number of amides is 3. The van der Waals surface area contributed by atoms with Gasteiger partial charge in [-0.25, -0.2) is 14.1 Å². The van der Waals surface area contributed by atoms with Crippen LogP contribution in [0.4, 0.5) is 14.9 Å². The van der Waals surface area contributed by atoms with Gasteiger partial charge < -0.3 is 0 Å². The van der Waals surface area contributed by atoms with Crippen molar-refractivity contribution in [2.24, 2.45) is 0 Å². The van der Waals surface area contributed by atoms with Gasteiger partial charge in [0, 0.05) is 5.75 Å². The highest BCUT2D eigenvalue weighted by Gasteiger charge is 2.53. The molecule has 4 rings (SSSR count). The average Bonchev–Trinajstić information content (AvgIpc) is 3.12. The number of nitrogens with zero attached hydrogens (tertiary/aromatic N) is 2. The van der Waals surface area contributed by atoms with E-state index in [4.69, 9.17) is 23.2 Å². The summed E-state index contributed by atoms with van der Waals surface area (Å²) in [5.74, 6) is -0.144. The SMILES string of the molecule is O=C1[C@@H]2CS[C@H](c3ccc(F)cc3)N2C(=O)N1c1ccc(Cl)c(Cl)c1. The third-order valence-electron chi connectivity index (χ3n) is 4.23. The van der Waals surface area contributed by atoms with E-state index in [1.807, 2.05) is 0 Å². The van der Waals surface area contributed by atoms with Gasteiger partial charge in [-0.05, 0) is 35.9 Å². The molecule has 0 aromatic heterocycles. The van der Waals surface area contributed by atoms with E-state index in [1.165, 1.54) is 30.0 Å². The van der Waals surface area contributed by atoms with E-state index >= 15 is 0 Å². The predicted octanol–water partition coefficient (Wildman–Crippen LogP) is 4.72.